The van der Waals surface area contributed by atoms with Crippen LogP contribution >= 0.6 is 34.7 Å². The van der Waals surface area contributed by atoms with Gasteiger partial charge < -0.3 is 20.1 Å². The van der Waals surface area contributed by atoms with Crippen LogP contribution in [0.5, 0.6) is 11.5 Å². The zero-order chi connectivity index (χ0) is 26.4. The number of anilines is 2. The van der Waals surface area contributed by atoms with Crippen molar-refractivity contribution in [2.24, 2.45) is 0 Å². The van der Waals surface area contributed by atoms with Gasteiger partial charge in [-0.2, -0.15) is 0 Å². The van der Waals surface area contributed by atoms with Crippen LogP contribution < -0.4 is 20.1 Å². The van der Waals surface area contributed by atoms with Crippen LogP contribution in [0, 0.1) is 0 Å². The summed E-state index contributed by atoms with van der Waals surface area (Å²) < 4.78 is 10.5. The highest BCUT2D eigenvalue weighted by Crippen LogP contribution is 2.30. The van der Waals surface area contributed by atoms with E-state index in [-0.39, 0.29) is 17.1 Å². The molecule has 0 spiro atoms. The molecular formula is C27H24ClN3O4S2. The number of carbonyl (C=O) groups is 2. The molecule has 37 heavy (non-hydrogen) atoms. The second kappa shape index (κ2) is 12.1. The molecule has 0 saturated carbocycles. The summed E-state index contributed by atoms with van der Waals surface area (Å²) in [5.41, 5.74) is 2.80. The summed E-state index contributed by atoms with van der Waals surface area (Å²) >= 11 is 8.73. The maximum Gasteiger partial charge on any atom is 0.255 e. The number of benzene rings is 3. The zero-order valence-electron chi connectivity index (χ0n) is 20.3. The molecule has 1 atom stereocenters. The van der Waals surface area contributed by atoms with Crippen LogP contribution in [-0.4, -0.2) is 36.3 Å². The number of thiazole rings is 1. The molecule has 1 heterocycles. The fraction of sp³-hybridized carbons (Fsp3) is 0.148. The summed E-state index contributed by atoms with van der Waals surface area (Å²) in [6.07, 6.45) is 0. The smallest absolute Gasteiger partial charge is 0.255 e. The number of methoxy groups -OCH3 is 2. The molecule has 0 saturated heterocycles. The quantitative estimate of drug-likeness (QED) is 0.220. The maximum absolute atomic E-state index is 12.7. The molecule has 0 fully saturated rings. The van der Waals surface area contributed by atoms with E-state index in [2.05, 4.69) is 15.6 Å². The van der Waals surface area contributed by atoms with Gasteiger partial charge >= 0.3 is 0 Å². The van der Waals surface area contributed by atoms with E-state index in [4.69, 9.17) is 21.1 Å². The monoisotopic (exact) mass is 553 g/mol. The van der Waals surface area contributed by atoms with Gasteiger partial charge in [-0.25, -0.2) is 4.98 Å². The summed E-state index contributed by atoms with van der Waals surface area (Å²) in [6, 6.07) is 19.7. The van der Waals surface area contributed by atoms with E-state index >= 15 is 0 Å². The normalized spacial score (nSPS) is 11.5. The average Bonchev–Trinajstić information content (AvgIpc) is 3.38. The number of ether oxygens (including phenoxy) is 2. The number of halogens is 1. The van der Waals surface area contributed by atoms with E-state index < -0.39 is 0 Å². The van der Waals surface area contributed by atoms with Gasteiger partial charge in [-0.15, -0.1) is 23.1 Å². The number of thioether (sulfide) groups is 1. The average molecular weight is 554 g/mol. The van der Waals surface area contributed by atoms with Crippen molar-refractivity contribution in [3.63, 3.8) is 0 Å². The highest BCUT2D eigenvalue weighted by molar-refractivity contribution is 8.00. The summed E-state index contributed by atoms with van der Waals surface area (Å²) in [7, 11) is 3.06. The molecule has 4 rings (SSSR count). The van der Waals surface area contributed by atoms with Crippen molar-refractivity contribution < 1.29 is 19.1 Å². The van der Waals surface area contributed by atoms with E-state index in [1.807, 2.05) is 36.6 Å². The molecule has 10 heteroatoms. The summed E-state index contributed by atoms with van der Waals surface area (Å²) in [6.45, 7) is 1.83. The molecule has 0 radical (unpaired) electrons. The SMILES string of the molecule is COc1ccc(C(=O)Nc2ccc(SC(C)C(=O)Nc3nc(-c4ccc(Cl)cc4)cs3)cc2)cc1OC. The van der Waals surface area contributed by atoms with Crippen molar-refractivity contribution in [1.29, 1.82) is 0 Å². The van der Waals surface area contributed by atoms with Gasteiger partial charge in [0.05, 0.1) is 25.2 Å². The molecule has 0 aliphatic heterocycles. The van der Waals surface area contributed by atoms with Gasteiger partial charge in [0.2, 0.25) is 5.91 Å². The molecule has 4 aromatic rings. The molecule has 0 aliphatic rings. The molecule has 1 aromatic heterocycles. The van der Waals surface area contributed by atoms with Crippen LogP contribution in [0.15, 0.2) is 77.0 Å². The Balaban J connectivity index is 1.32. The standard InChI is InChI=1S/C27H24ClN3O4S2/c1-16(25(32)31-27-30-22(15-36-27)17-4-7-19(28)8-5-17)37-21-11-9-20(10-12-21)29-26(33)18-6-13-23(34-2)24(14-18)35-3/h4-16H,1-3H3,(H,29,33)(H,30,31,32). The molecule has 0 aliphatic carbocycles. The number of carbonyl (C=O) groups excluding carboxylic acids is 2. The maximum atomic E-state index is 12.7. The number of amides is 2. The first kappa shape index (κ1) is 26.5. The van der Waals surface area contributed by atoms with E-state index in [0.717, 1.165) is 16.2 Å². The third kappa shape index (κ3) is 6.82. The Morgan fingerprint density at radius 3 is 2.32 bits per heavy atom. The van der Waals surface area contributed by atoms with Gasteiger partial charge in [0, 0.05) is 32.1 Å². The zero-order valence-corrected chi connectivity index (χ0v) is 22.7. The lowest BCUT2D eigenvalue weighted by molar-refractivity contribution is -0.115. The molecular weight excluding hydrogens is 530 g/mol. The van der Waals surface area contributed by atoms with Gasteiger partial charge in [-0.3, -0.25) is 9.59 Å². The number of nitrogens with zero attached hydrogens (tertiary/aromatic N) is 1. The molecule has 3 aromatic carbocycles. The Labute approximate surface area is 228 Å². The minimum Gasteiger partial charge on any atom is -0.493 e. The molecule has 1 unspecified atom stereocenters. The lowest BCUT2D eigenvalue weighted by Crippen LogP contribution is -2.22. The summed E-state index contributed by atoms with van der Waals surface area (Å²) in [5, 5.41) is 8.49. The molecule has 2 N–H and O–H groups in total. The van der Waals surface area contributed by atoms with Crippen LogP contribution in [0.3, 0.4) is 0 Å². The second-order valence-corrected chi connectivity index (χ2v) is 10.6. The Morgan fingerprint density at radius 1 is 0.946 bits per heavy atom. The third-order valence-electron chi connectivity index (χ3n) is 5.31. The van der Waals surface area contributed by atoms with Crippen LogP contribution in [0.1, 0.15) is 17.3 Å². The Kier molecular flexibility index (Phi) is 8.70. The van der Waals surface area contributed by atoms with Gasteiger partial charge in [-0.1, -0.05) is 23.7 Å². The second-order valence-electron chi connectivity index (χ2n) is 7.84. The summed E-state index contributed by atoms with van der Waals surface area (Å²) in [4.78, 5) is 30.8. The topological polar surface area (TPSA) is 89.5 Å². The van der Waals surface area contributed by atoms with Crippen LogP contribution in [0.25, 0.3) is 11.3 Å². The van der Waals surface area contributed by atoms with Crippen LogP contribution in [0.2, 0.25) is 5.02 Å². The largest absolute Gasteiger partial charge is 0.493 e. The molecule has 7 nitrogen and oxygen atoms in total. The number of aromatic nitrogens is 1. The van der Waals surface area contributed by atoms with Gasteiger partial charge in [-0.05, 0) is 61.5 Å². The van der Waals surface area contributed by atoms with E-state index in [1.165, 1.54) is 30.2 Å². The lowest BCUT2D eigenvalue weighted by atomic mass is 10.2. The molecule has 0 bridgehead atoms. The third-order valence-corrected chi connectivity index (χ3v) is 7.44. The van der Waals surface area contributed by atoms with E-state index in [1.54, 1.807) is 49.6 Å². The van der Waals surface area contributed by atoms with Gasteiger partial charge in [0.25, 0.3) is 5.91 Å². The van der Waals surface area contributed by atoms with E-state index in [9.17, 15) is 9.59 Å². The Bertz CT molecular complexity index is 1390. The highest BCUT2D eigenvalue weighted by atomic mass is 35.5. The van der Waals surface area contributed by atoms with Crippen molar-refractivity contribution in [2.75, 3.05) is 24.9 Å². The van der Waals surface area contributed by atoms with Crippen molar-refractivity contribution in [3.8, 4) is 22.8 Å². The van der Waals surface area contributed by atoms with Crippen LogP contribution in [-0.2, 0) is 4.79 Å². The van der Waals surface area contributed by atoms with Crippen molar-refractivity contribution in [2.45, 2.75) is 17.1 Å². The predicted molar refractivity (Wildman–Crippen MR) is 150 cm³/mol. The fourth-order valence-electron chi connectivity index (χ4n) is 3.35. The van der Waals surface area contributed by atoms with Crippen molar-refractivity contribution >= 4 is 57.3 Å². The first-order valence-corrected chi connectivity index (χ1v) is 13.3. The molecule has 190 valence electrons. The number of rotatable bonds is 9. The highest BCUT2D eigenvalue weighted by Gasteiger charge is 2.17. The number of nitrogens with one attached hydrogen (secondary N) is 2. The Hall–Kier alpha value is -3.53. The first-order chi connectivity index (χ1) is 17.9. The fourth-order valence-corrected chi connectivity index (χ4v) is 5.06. The minimum atomic E-state index is -0.352. The number of hydrogen-bond donors (Lipinski definition) is 2. The van der Waals surface area contributed by atoms with Crippen molar-refractivity contribution in [3.05, 3.63) is 82.7 Å². The summed E-state index contributed by atoms with van der Waals surface area (Å²) in [5.74, 6) is 0.618. The van der Waals surface area contributed by atoms with Gasteiger partial charge in [0.15, 0.2) is 16.6 Å². The predicted octanol–water partition coefficient (Wildman–Crippen LogP) is 6.85. The van der Waals surface area contributed by atoms with Crippen LogP contribution in [0.4, 0.5) is 10.8 Å². The Morgan fingerprint density at radius 2 is 1.65 bits per heavy atom. The van der Waals surface area contributed by atoms with Crippen molar-refractivity contribution in [1.82, 2.24) is 4.98 Å². The van der Waals surface area contributed by atoms with E-state index in [0.29, 0.717) is 32.9 Å². The molecule has 2 amide bonds. The first-order valence-electron chi connectivity index (χ1n) is 11.2. The van der Waals surface area contributed by atoms with Gasteiger partial charge in [0.1, 0.15) is 0 Å². The minimum absolute atomic E-state index is 0.146. The lowest BCUT2D eigenvalue weighted by Gasteiger charge is -2.12. The number of hydrogen-bond acceptors (Lipinski definition) is 7.